The Bertz CT molecular complexity index is 655. The molecule has 0 aromatic heterocycles. The minimum atomic E-state index is 0.137. The van der Waals surface area contributed by atoms with Gasteiger partial charge in [0.25, 0.3) is 0 Å². The summed E-state index contributed by atoms with van der Waals surface area (Å²) in [6, 6.07) is 15.9. The minimum Gasteiger partial charge on any atom is -0.489 e. The number of aryl methyl sites for hydroxylation is 1. The van der Waals surface area contributed by atoms with E-state index in [9.17, 15) is 0 Å². The Kier molecular flexibility index (Phi) is 5.29. The Hall–Kier alpha value is -2.40. The van der Waals surface area contributed by atoms with Gasteiger partial charge in [0.2, 0.25) is 0 Å². The van der Waals surface area contributed by atoms with E-state index >= 15 is 0 Å². The second kappa shape index (κ2) is 7.40. The van der Waals surface area contributed by atoms with Crippen LogP contribution in [-0.2, 0) is 6.61 Å². The molecule has 0 atom stereocenters. The van der Waals surface area contributed by atoms with E-state index < -0.39 is 0 Å². The highest BCUT2D eigenvalue weighted by Gasteiger charge is 1.98. The predicted octanol–water partition coefficient (Wildman–Crippen LogP) is 2.74. The molecular weight excluding hydrogens is 282 g/mol. The molecule has 0 fully saturated rings. The third kappa shape index (κ3) is 5.24. The van der Waals surface area contributed by atoms with Crippen LogP contribution in [0.5, 0.6) is 5.75 Å². The Morgan fingerprint density at radius 1 is 1.29 bits per heavy atom. The van der Waals surface area contributed by atoms with Gasteiger partial charge in [-0.2, -0.15) is 5.10 Å². The topological polar surface area (TPSA) is 59.6 Å². The van der Waals surface area contributed by atoms with E-state index in [-0.39, 0.29) is 5.11 Å². The first-order valence-corrected chi connectivity index (χ1v) is 6.91. The fraction of sp³-hybridized carbons (Fsp3) is 0.125. The average Bonchev–Trinajstić information content (AvgIpc) is 2.45. The standard InChI is InChI=1S/C16H17N3OS/c1-12-4-2-6-14(8-12)11-20-15-7-3-5-13(9-15)10-18-19-16(17)21/h2-10H,11H2,1H3,(H3,17,19,21). The number of benzene rings is 2. The van der Waals surface area contributed by atoms with E-state index in [0.29, 0.717) is 6.61 Å². The first-order chi connectivity index (χ1) is 10.1. The van der Waals surface area contributed by atoms with Crippen molar-refractivity contribution in [2.75, 3.05) is 0 Å². The number of hydrogen-bond acceptors (Lipinski definition) is 3. The van der Waals surface area contributed by atoms with Gasteiger partial charge in [0.1, 0.15) is 12.4 Å². The fourth-order valence-electron chi connectivity index (χ4n) is 1.82. The van der Waals surface area contributed by atoms with Crippen molar-refractivity contribution in [2.24, 2.45) is 10.8 Å². The van der Waals surface area contributed by atoms with Crippen LogP contribution >= 0.6 is 12.2 Å². The average molecular weight is 299 g/mol. The van der Waals surface area contributed by atoms with Crippen molar-refractivity contribution in [3.05, 3.63) is 65.2 Å². The summed E-state index contributed by atoms with van der Waals surface area (Å²) in [5, 5.41) is 4.05. The lowest BCUT2D eigenvalue weighted by molar-refractivity contribution is 0.306. The van der Waals surface area contributed by atoms with Gasteiger partial charge < -0.3 is 10.5 Å². The van der Waals surface area contributed by atoms with Gasteiger partial charge in [-0.05, 0) is 42.4 Å². The number of ether oxygens (including phenoxy) is 1. The van der Waals surface area contributed by atoms with Crippen LogP contribution in [0.4, 0.5) is 0 Å². The summed E-state index contributed by atoms with van der Waals surface area (Å²) in [6.45, 7) is 2.60. The fourth-order valence-corrected chi connectivity index (χ4v) is 1.88. The molecule has 0 aliphatic rings. The summed E-state index contributed by atoms with van der Waals surface area (Å²) in [4.78, 5) is 0. The molecule has 5 heteroatoms. The molecule has 0 saturated heterocycles. The summed E-state index contributed by atoms with van der Waals surface area (Å²) >= 11 is 4.67. The summed E-state index contributed by atoms with van der Waals surface area (Å²) < 4.78 is 5.78. The quantitative estimate of drug-likeness (QED) is 0.506. The van der Waals surface area contributed by atoms with Crippen molar-refractivity contribution in [1.82, 2.24) is 5.43 Å². The molecule has 0 saturated carbocycles. The predicted molar refractivity (Wildman–Crippen MR) is 89.5 cm³/mol. The molecule has 0 amide bonds. The summed E-state index contributed by atoms with van der Waals surface area (Å²) in [6.07, 6.45) is 1.64. The highest BCUT2D eigenvalue weighted by Crippen LogP contribution is 2.14. The van der Waals surface area contributed by atoms with E-state index in [1.165, 1.54) is 5.56 Å². The zero-order chi connectivity index (χ0) is 15.1. The van der Waals surface area contributed by atoms with E-state index in [1.54, 1.807) is 6.21 Å². The lowest BCUT2D eigenvalue weighted by Gasteiger charge is -2.07. The molecule has 0 bridgehead atoms. The Labute approximate surface area is 129 Å². The molecular formula is C16H17N3OS. The SMILES string of the molecule is Cc1cccc(COc2cccc(C=NNC(N)=S)c2)c1. The number of hydrogen-bond donors (Lipinski definition) is 2. The second-order valence-electron chi connectivity index (χ2n) is 4.58. The summed E-state index contributed by atoms with van der Waals surface area (Å²) in [5.41, 5.74) is 11.1. The van der Waals surface area contributed by atoms with Crippen LogP contribution in [0.1, 0.15) is 16.7 Å². The molecule has 0 aliphatic heterocycles. The summed E-state index contributed by atoms with van der Waals surface area (Å²) in [5.74, 6) is 0.788. The third-order valence-electron chi connectivity index (χ3n) is 2.73. The molecule has 108 valence electrons. The molecule has 2 rings (SSSR count). The molecule has 0 aliphatic carbocycles. The maximum atomic E-state index is 5.78. The molecule has 0 heterocycles. The van der Waals surface area contributed by atoms with Crippen LogP contribution in [0.3, 0.4) is 0 Å². The first kappa shape index (κ1) is 15.0. The minimum absolute atomic E-state index is 0.137. The monoisotopic (exact) mass is 299 g/mol. The maximum Gasteiger partial charge on any atom is 0.184 e. The van der Waals surface area contributed by atoms with Crippen LogP contribution in [-0.4, -0.2) is 11.3 Å². The van der Waals surface area contributed by atoms with Gasteiger partial charge in [0.05, 0.1) is 6.21 Å². The van der Waals surface area contributed by atoms with Crippen molar-refractivity contribution in [1.29, 1.82) is 0 Å². The van der Waals surface area contributed by atoms with Crippen molar-refractivity contribution >= 4 is 23.5 Å². The lowest BCUT2D eigenvalue weighted by atomic mass is 10.1. The maximum absolute atomic E-state index is 5.78. The number of nitrogens with two attached hydrogens (primary N) is 1. The van der Waals surface area contributed by atoms with Gasteiger partial charge in [-0.25, -0.2) is 0 Å². The van der Waals surface area contributed by atoms with E-state index in [1.807, 2.05) is 36.4 Å². The van der Waals surface area contributed by atoms with E-state index in [4.69, 9.17) is 10.5 Å². The zero-order valence-electron chi connectivity index (χ0n) is 11.7. The van der Waals surface area contributed by atoms with Gasteiger partial charge in [0, 0.05) is 0 Å². The van der Waals surface area contributed by atoms with Gasteiger partial charge in [-0.3, -0.25) is 5.43 Å². The van der Waals surface area contributed by atoms with Gasteiger partial charge in [-0.1, -0.05) is 42.0 Å². The van der Waals surface area contributed by atoms with Crippen LogP contribution in [0.25, 0.3) is 0 Å². The van der Waals surface area contributed by atoms with Crippen molar-refractivity contribution < 1.29 is 4.74 Å². The highest BCUT2D eigenvalue weighted by atomic mass is 32.1. The molecule has 4 nitrogen and oxygen atoms in total. The van der Waals surface area contributed by atoms with Gasteiger partial charge in [-0.15, -0.1) is 0 Å². The number of nitrogens with zero attached hydrogens (tertiary/aromatic N) is 1. The van der Waals surface area contributed by atoms with Crippen molar-refractivity contribution in [3.63, 3.8) is 0 Å². The lowest BCUT2D eigenvalue weighted by Crippen LogP contribution is -2.23. The first-order valence-electron chi connectivity index (χ1n) is 6.50. The van der Waals surface area contributed by atoms with Crippen LogP contribution < -0.4 is 15.9 Å². The number of thiocarbonyl (C=S) groups is 1. The van der Waals surface area contributed by atoms with Crippen LogP contribution in [0.15, 0.2) is 53.6 Å². The Morgan fingerprint density at radius 2 is 2.10 bits per heavy atom. The Morgan fingerprint density at radius 3 is 2.86 bits per heavy atom. The molecule has 0 unspecified atom stereocenters. The molecule has 0 spiro atoms. The van der Waals surface area contributed by atoms with E-state index in [2.05, 4.69) is 41.8 Å². The zero-order valence-corrected chi connectivity index (χ0v) is 12.6. The number of nitrogens with one attached hydrogen (secondary N) is 1. The molecule has 2 aromatic carbocycles. The molecule has 0 radical (unpaired) electrons. The molecule has 3 N–H and O–H groups in total. The summed E-state index contributed by atoms with van der Waals surface area (Å²) in [7, 11) is 0. The number of hydrazone groups is 1. The van der Waals surface area contributed by atoms with Gasteiger partial charge >= 0.3 is 0 Å². The Balaban J connectivity index is 1.97. The normalized spacial score (nSPS) is 10.5. The smallest absolute Gasteiger partial charge is 0.184 e. The highest BCUT2D eigenvalue weighted by molar-refractivity contribution is 7.80. The van der Waals surface area contributed by atoms with Crippen molar-refractivity contribution in [3.8, 4) is 5.75 Å². The molecule has 2 aromatic rings. The van der Waals surface area contributed by atoms with Gasteiger partial charge in [0.15, 0.2) is 5.11 Å². The third-order valence-corrected chi connectivity index (χ3v) is 2.83. The van der Waals surface area contributed by atoms with Crippen LogP contribution in [0.2, 0.25) is 0 Å². The molecule has 21 heavy (non-hydrogen) atoms. The van der Waals surface area contributed by atoms with Crippen molar-refractivity contribution in [2.45, 2.75) is 13.5 Å². The van der Waals surface area contributed by atoms with Crippen LogP contribution in [0, 0.1) is 6.92 Å². The number of rotatable bonds is 5. The second-order valence-corrected chi connectivity index (χ2v) is 5.02. The van der Waals surface area contributed by atoms with E-state index in [0.717, 1.165) is 16.9 Å². The largest absolute Gasteiger partial charge is 0.489 e.